The van der Waals surface area contributed by atoms with Gasteiger partial charge in [-0.05, 0) is 30.7 Å². The van der Waals surface area contributed by atoms with E-state index >= 15 is 0 Å². The van der Waals surface area contributed by atoms with Gasteiger partial charge in [0.25, 0.3) is 0 Å². The molecule has 0 saturated heterocycles. The van der Waals surface area contributed by atoms with Crippen molar-refractivity contribution in [3.8, 4) is 0 Å². The van der Waals surface area contributed by atoms with E-state index < -0.39 is 0 Å². The molecule has 112 valence electrons. The number of rotatable bonds is 5. The number of aromatic nitrogens is 1. The lowest BCUT2D eigenvalue weighted by atomic mass is 10.1. The molecule has 0 radical (unpaired) electrons. The van der Waals surface area contributed by atoms with Gasteiger partial charge in [0, 0.05) is 46.1 Å². The van der Waals surface area contributed by atoms with Gasteiger partial charge in [0.15, 0.2) is 0 Å². The molecule has 0 aliphatic rings. The standard InChI is InChI=1S/C17H24N4/c1-13(14-6-8-15(9-7-14)20(2)3)19-16-12-18-11-10-17(16)21(4)5/h6-13,19H,1-5H3. The summed E-state index contributed by atoms with van der Waals surface area (Å²) in [6.07, 6.45) is 3.69. The van der Waals surface area contributed by atoms with Crippen LogP contribution in [0.1, 0.15) is 18.5 Å². The van der Waals surface area contributed by atoms with E-state index in [-0.39, 0.29) is 6.04 Å². The van der Waals surface area contributed by atoms with Crippen LogP contribution in [0.15, 0.2) is 42.7 Å². The first-order valence-electron chi connectivity index (χ1n) is 7.14. The van der Waals surface area contributed by atoms with Gasteiger partial charge >= 0.3 is 0 Å². The van der Waals surface area contributed by atoms with E-state index in [2.05, 4.69) is 65.4 Å². The molecular formula is C17H24N4. The summed E-state index contributed by atoms with van der Waals surface area (Å²) in [7, 11) is 8.18. The molecule has 2 rings (SSSR count). The molecule has 0 saturated carbocycles. The van der Waals surface area contributed by atoms with Crippen molar-refractivity contribution in [2.45, 2.75) is 13.0 Å². The molecule has 4 heteroatoms. The fourth-order valence-corrected chi connectivity index (χ4v) is 2.27. The van der Waals surface area contributed by atoms with Crippen LogP contribution in [0.25, 0.3) is 0 Å². The summed E-state index contributed by atoms with van der Waals surface area (Å²) in [5.74, 6) is 0. The second kappa shape index (κ2) is 6.48. The van der Waals surface area contributed by atoms with Gasteiger partial charge < -0.3 is 15.1 Å². The van der Waals surface area contributed by atoms with Crippen molar-refractivity contribution in [1.82, 2.24) is 4.98 Å². The van der Waals surface area contributed by atoms with E-state index in [0.717, 1.165) is 11.4 Å². The zero-order valence-electron chi connectivity index (χ0n) is 13.5. The maximum Gasteiger partial charge on any atom is 0.0768 e. The van der Waals surface area contributed by atoms with Crippen LogP contribution in [0.5, 0.6) is 0 Å². The van der Waals surface area contributed by atoms with Crippen LogP contribution in [0.4, 0.5) is 17.1 Å². The SMILES string of the molecule is CC(Nc1cnccc1N(C)C)c1ccc(N(C)C)cc1. The highest BCUT2D eigenvalue weighted by molar-refractivity contribution is 5.68. The van der Waals surface area contributed by atoms with Gasteiger partial charge in [0.2, 0.25) is 0 Å². The lowest BCUT2D eigenvalue weighted by Crippen LogP contribution is -2.14. The van der Waals surface area contributed by atoms with Gasteiger partial charge in [-0.3, -0.25) is 4.98 Å². The monoisotopic (exact) mass is 284 g/mol. The highest BCUT2D eigenvalue weighted by Crippen LogP contribution is 2.27. The molecule has 1 heterocycles. The number of hydrogen-bond acceptors (Lipinski definition) is 4. The van der Waals surface area contributed by atoms with E-state index in [1.54, 1.807) is 0 Å². The van der Waals surface area contributed by atoms with Crippen molar-refractivity contribution in [1.29, 1.82) is 0 Å². The van der Waals surface area contributed by atoms with E-state index in [4.69, 9.17) is 0 Å². The van der Waals surface area contributed by atoms with Crippen molar-refractivity contribution in [2.24, 2.45) is 0 Å². The van der Waals surface area contributed by atoms with Crippen LogP contribution in [-0.2, 0) is 0 Å². The Hall–Kier alpha value is -2.23. The minimum atomic E-state index is 0.226. The summed E-state index contributed by atoms with van der Waals surface area (Å²) in [5, 5.41) is 3.54. The van der Waals surface area contributed by atoms with Gasteiger partial charge in [-0.1, -0.05) is 12.1 Å². The Bertz CT molecular complexity index is 576. The smallest absolute Gasteiger partial charge is 0.0768 e. The second-order valence-electron chi connectivity index (χ2n) is 5.64. The maximum atomic E-state index is 4.22. The van der Waals surface area contributed by atoms with Crippen LogP contribution < -0.4 is 15.1 Å². The molecule has 0 spiro atoms. The van der Waals surface area contributed by atoms with Gasteiger partial charge in [0.05, 0.1) is 17.6 Å². The van der Waals surface area contributed by atoms with Gasteiger partial charge in [-0.15, -0.1) is 0 Å². The van der Waals surface area contributed by atoms with Crippen molar-refractivity contribution < 1.29 is 0 Å². The molecule has 1 atom stereocenters. The zero-order chi connectivity index (χ0) is 15.4. The summed E-state index contributed by atoms with van der Waals surface area (Å²) < 4.78 is 0. The number of pyridine rings is 1. The minimum absolute atomic E-state index is 0.226. The van der Waals surface area contributed by atoms with Crippen molar-refractivity contribution in [3.05, 3.63) is 48.3 Å². The number of nitrogens with zero attached hydrogens (tertiary/aromatic N) is 3. The topological polar surface area (TPSA) is 31.4 Å². The van der Waals surface area contributed by atoms with E-state index in [1.807, 2.05) is 32.6 Å². The molecular weight excluding hydrogens is 260 g/mol. The Balaban J connectivity index is 2.16. The molecule has 21 heavy (non-hydrogen) atoms. The third-order valence-corrected chi connectivity index (χ3v) is 3.56. The molecule has 1 N–H and O–H groups in total. The van der Waals surface area contributed by atoms with Crippen LogP contribution in [0.2, 0.25) is 0 Å². The molecule has 4 nitrogen and oxygen atoms in total. The fraction of sp³-hybridized carbons (Fsp3) is 0.353. The number of benzene rings is 1. The third-order valence-electron chi connectivity index (χ3n) is 3.56. The first-order valence-corrected chi connectivity index (χ1v) is 7.14. The first kappa shape index (κ1) is 15.2. The number of hydrogen-bond donors (Lipinski definition) is 1. The largest absolute Gasteiger partial charge is 0.378 e. The summed E-state index contributed by atoms with van der Waals surface area (Å²) in [5.41, 5.74) is 4.66. The molecule has 1 unspecified atom stereocenters. The van der Waals surface area contributed by atoms with E-state index in [9.17, 15) is 0 Å². The molecule has 0 aliphatic heterocycles. The fourth-order valence-electron chi connectivity index (χ4n) is 2.27. The highest BCUT2D eigenvalue weighted by atomic mass is 15.1. The first-order chi connectivity index (χ1) is 9.99. The Morgan fingerprint density at radius 3 is 2.19 bits per heavy atom. The molecule has 1 aromatic heterocycles. The maximum absolute atomic E-state index is 4.22. The van der Waals surface area contributed by atoms with Gasteiger partial charge in [-0.2, -0.15) is 0 Å². The molecule has 0 amide bonds. The summed E-state index contributed by atoms with van der Waals surface area (Å²) >= 11 is 0. The second-order valence-corrected chi connectivity index (χ2v) is 5.64. The quantitative estimate of drug-likeness (QED) is 0.912. The third kappa shape index (κ3) is 3.66. The van der Waals surface area contributed by atoms with Crippen LogP contribution in [0, 0.1) is 0 Å². The molecule has 2 aromatic rings. The van der Waals surface area contributed by atoms with E-state index in [0.29, 0.717) is 0 Å². The molecule has 1 aromatic carbocycles. The van der Waals surface area contributed by atoms with Gasteiger partial charge in [0.1, 0.15) is 0 Å². The van der Waals surface area contributed by atoms with Crippen LogP contribution >= 0.6 is 0 Å². The highest BCUT2D eigenvalue weighted by Gasteiger charge is 2.10. The molecule has 0 bridgehead atoms. The lowest BCUT2D eigenvalue weighted by molar-refractivity contribution is 0.880. The Labute approximate surface area is 127 Å². The van der Waals surface area contributed by atoms with Crippen molar-refractivity contribution in [3.63, 3.8) is 0 Å². The number of anilines is 3. The normalized spacial score (nSPS) is 11.9. The van der Waals surface area contributed by atoms with Gasteiger partial charge in [-0.25, -0.2) is 0 Å². The summed E-state index contributed by atoms with van der Waals surface area (Å²) in [6.45, 7) is 2.16. The Morgan fingerprint density at radius 1 is 0.952 bits per heavy atom. The average molecular weight is 284 g/mol. The van der Waals surface area contributed by atoms with Crippen LogP contribution in [-0.4, -0.2) is 33.2 Å². The summed E-state index contributed by atoms with van der Waals surface area (Å²) in [4.78, 5) is 8.41. The summed E-state index contributed by atoms with van der Waals surface area (Å²) in [6, 6.07) is 10.9. The van der Waals surface area contributed by atoms with Crippen LogP contribution in [0.3, 0.4) is 0 Å². The predicted molar refractivity (Wildman–Crippen MR) is 91.4 cm³/mol. The van der Waals surface area contributed by atoms with Crippen molar-refractivity contribution >= 4 is 17.1 Å². The Morgan fingerprint density at radius 2 is 1.62 bits per heavy atom. The zero-order valence-corrected chi connectivity index (χ0v) is 13.5. The minimum Gasteiger partial charge on any atom is -0.378 e. The average Bonchev–Trinajstić information content (AvgIpc) is 2.47. The molecule has 0 aliphatic carbocycles. The lowest BCUT2D eigenvalue weighted by Gasteiger charge is -2.22. The molecule has 0 fully saturated rings. The predicted octanol–water partition coefficient (Wildman–Crippen LogP) is 3.39. The number of nitrogens with one attached hydrogen (secondary N) is 1. The van der Waals surface area contributed by atoms with Crippen molar-refractivity contribution in [2.75, 3.05) is 43.3 Å². The van der Waals surface area contributed by atoms with E-state index in [1.165, 1.54) is 11.3 Å². The Kier molecular flexibility index (Phi) is 4.68.